The number of piperidine rings is 1. The summed E-state index contributed by atoms with van der Waals surface area (Å²) in [5.41, 5.74) is 1.19. The summed E-state index contributed by atoms with van der Waals surface area (Å²) < 4.78 is 3.42. The maximum atomic E-state index is 12.8. The zero-order valence-corrected chi connectivity index (χ0v) is 18.0. The Morgan fingerprint density at radius 1 is 1.10 bits per heavy atom. The summed E-state index contributed by atoms with van der Waals surface area (Å²) in [7, 11) is 1.66. The molecule has 2 aromatic carbocycles. The molecule has 1 saturated heterocycles. The normalized spacial score (nSPS) is 17.5. The molecule has 3 heterocycles. The van der Waals surface area contributed by atoms with E-state index in [9.17, 15) is 9.59 Å². The molecule has 0 unspecified atom stereocenters. The molecule has 31 heavy (non-hydrogen) atoms. The summed E-state index contributed by atoms with van der Waals surface area (Å²) >= 11 is 0. The summed E-state index contributed by atoms with van der Waals surface area (Å²) in [5.74, 6) is 1.47. The third-order valence-electron chi connectivity index (χ3n) is 6.40. The van der Waals surface area contributed by atoms with Gasteiger partial charge in [0.25, 0.3) is 5.56 Å². The number of imidazole rings is 1. The number of benzene rings is 2. The van der Waals surface area contributed by atoms with Gasteiger partial charge in [-0.3, -0.25) is 19.2 Å². The monoisotopic (exact) mass is 417 g/mol. The van der Waals surface area contributed by atoms with E-state index in [0.29, 0.717) is 30.2 Å². The van der Waals surface area contributed by atoms with Gasteiger partial charge in [0.1, 0.15) is 5.82 Å². The predicted molar refractivity (Wildman–Crippen MR) is 122 cm³/mol. The Kier molecular flexibility index (Phi) is 4.98. The number of likely N-dealkylation sites (tertiary alicyclic amines) is 1. The summed E-state index contributed by atoms with van der Waals surface area (Å²) in [6.07, 6.45) is 2.42. The highest BCUT2D eigenvalue weighted by Crippen LogP contribution is 2.23. The van der Waals surface area contributed by atoms with E-state index in [1.807, 2.05) is 22.8 Å². The maximum absolute atomic E-state index is 12.8. The number of rotatable bonds is 4. The van der Waals surface area contributed by atoms with E-state index < -0.39 is 5.69 Å². The van der Waals surface area contributed by atoms with Crippen LogP contribution in [0.25, 0.3) is 21.9 Å². The number of aromatic amines is 1. The lowest BCUT2D eigenvalue weighted by Gasteiger charge is -2.30. The van der Waals surface area contributed by atoms with Gasteiger partial charge in [0.05, 0.1) is 13.1 Å². The molecule has 0 amide bonds. The van der Waals surface area contributed by atoms with Gasteiger partial charge in [-0.2, -0.15) is 0 Å². The highest BCUT2D eigenvalue weighted by molar-refractivity contribution is 5.85. The zero-order chi connectivity index (χ0) is 21.5. The SMILES string of the molecule is C[C@@H]1CCCN(Cc2nc3c(c(=O)[nH]c(=O)n3C)n2Cc2cccc3ccccc23)C1. The van der Waals surface area contributed by atoms with Crippen molar-refractivity contribution >= 4 is 21.9 Å². The summed E-state index contributed by atoms with van der Waals surface area (Å²) in [5, 5.41) is 2.32. The standard InChI is InChI=1S/C24H27N5O2/c1-16-7-6-12-28(13-16)15-20-25-22-21(23(30)26-24(31)27(22)2)29(20)14-18-10-5-9-17-8-3-4-11-19(17)18/h3-5,8-11,16H,6-7,12-15H2,1-2H3,(H,26,30,31)/t16-/m1/s1. The Morgan fingerprint density at radius 3 is 2.74 bits per heavy atom. The number of aryl methyl sites for hydroxylation is 1. The molecule has 1 N–H and O–H groups in total. The van der Waals surface area contributed by atoms with Gasteiger partial charge in [0.2, 0.25) is 0 Å². The maximum Gasteiger partial charge on any atom is 0.329 e. The van der Waals surface area contributed by atoms with E-state index in [1.165, 1.54) is 17.4 Å². The van der Waals surface area contributed by atoms with Crippen molar-refractivity contribution in [1.29, 1.82) is 0 Å². The van der Waals surface area contributed by atoms with Crippen molar-refractivity contribution in [3.8, 4) is 0 Å². The minimum Gasteiger partial charge on any atom is -0.317 e. The second kappa shape index (κ2) is 7.81. The fourth-order valence-corrected chi connectivity index (χ4v) is 4.80. The van der Waals surface area contributed by atoms with Crippen LogP contribution in [-0.4, -0.2) is 37.1 Å². The Bertz CT molecular complexity index is 1380. The molecule has 7 heteroatoms. The van der Waals surface area contributed by atoms with Crippen LogP contribution >= 0.6 is 0 Å². The van der Waals surface area contributed by atoms with E-state index in [4.69, 9.17) is 4.98 Å². The van der Waals surface area contributed by atoms with Gasteiger partial charge in [0.15, 0.2) is 11.2 Å². The van der Waals surface area contributed by atoms with Crippen molar-refractivity contribution in [3.63, 3.8) is 0 Å². The molecule has 2 aromatic heterocycles. The molecule has 0 spiro atoms. The molecule has 1 fully saturated rings. The second-order valence-electron chi connectivity index (χ2n) is 8.73. The molecular weight excluding hydrogens is 390 g/mol. The third-order valence-corrected chi connectivity index (χ3v) is 6.40. The quantitative estimate of drug-likeness (QED) is 0.554. The summed E-state index contributed by atoms with van der Waals surface area (Å²) in [6.45, 7) is 5.51. The third kappa shape index (κ3) is 3.59. The molecule has 0 saturated carbocycles. The average molecular weight is 418 g/mol. The molecule has 160 valence electrons. The van der Waals surface area contributed by atoms with Crippen LogP contribution in [0.5, 0.6) is 0 Å². The van der Waals surface area contributed by atoms with Crippen LogP contribution in [0.2, 0.25) is 0 Å². The number of H-pyrrole nitrogens is 1. The Balaban J connectivity index is 1.66. The van der Waals surface area contributed by atoms with Crippen LogP contribution in [0.4, 0.5) is 0 Å². The highest BCUT2D eigenvalue weighted by atomic mass is 16.2. The van der Waals surface area contributed by atoms with Crippen molar-refractivity contribution in [2.45, 2.75) is 32.9 Å². The summed E-state index contributed by atoms with van der Waals surface area (Å²) in [6, 6.07) is 14.5. The van der Waals surface area contributed by atoms with Crippen molar-refractivity contribution < 1.29 is 0 Å². The first-order valence-electron chi connectivity index (χ1n) is 10.9. The average Bonchev–Trinajstić information content (AvgIpc) is 3.11. The van der Waals surface area contributed by atoms with Crippen LogP contribution in [-0.2, 0) is 20.1 Å². The van der Waals surface area contributed by atoms with Crippen molar-refractivity contribution in [3.05, 3.63) is 74.7 Å². The molecule has 1 aliphatic heterocycles. The second-order valence-corrected chi connectivity index (χ2v) is 8.73. The molecule has 1 atom stereocenters. The Morgan fingerprint density at radius 2 is 1.90 bits per heavy atom. The van der Waals surface area contributed by atoms with Crippen molar-refractivity contribution in [2.75, 3.05) is 13.1 Å². The van der Waals surface area contributed by atoms with E-state index in [2.05, 4.69) is 41.1 Å². The largest absolute Gasteiger partial charge is 0.329 e. The fourth-order valence-electron chi connectivity index (χ4n) is 4.80. The van der Waals surface area contributed by atoms with Gasteiger partial charge in [-0.05, 0) is 41.6 Å². The van der Waals surface area contributed by atoms with Gasteiger partial charge in [0, 0.05) is 13.6 Å². The molecule has 7 nitrogen and oxygen atoms in total. The first kappa shape index (κ1) is 19.8. The van der Waals surface area contributed by atoms with E-state index in [0.717, 1.165) is 35.2 Å². The number of hydrogen-bond acceptors (Lipinski definition) is 4. The Labute approximate surface area is 180 Å². The molecule has 4 aromatic rings. The summed E-state index contributed by atoms with van der Waals surface area (Å²) in [4.78, 5) is 34.7. The minimum atomic E-state index is -0.439. The van der Waals surface area contributed by atoms with E-state index in [1.54, 1.807) is 7.05 Å². The van der Waals surface area contributed by atoms with Gasteiger partial charge >= 0.3 is 5.69 Å². The molecule has 0 aliphatic carbocycles. The first-order chi connectivity index (χ1) is 15.0. The molecular formula is C24H27N5O2. The molecule has 5 rings (SSSR count). The zero-order valence-electron chi connectivity index (χ0n) is 18.0. The van der Waals surface area contributed by atoms with Gasteiger partial charge in [-0.15, -0.1) is 0 Å². The number of fused-ring (bicyclic) bond motifs is 2. The number of hydrogen-bond donors (Lipinski definition) is 1. The van der Waals surface area contributed by atoms with Gasteiger partial charge in [-0.1, -0.05) is 49.4 Å². The lowest BCUT2D eigenvalue weighted by molar-refractivity contribution is 0.171. The van der Waals surface area contributed by atoms with Crippen LogP contribution in [0.15, 0.2) is 52.1 Å². The number of aromatic nitrogens is 4. The number of nitrogens with zero attached hydrogens (tertiary/aromatic N) is 4. The smallest absolute Gasteiger partial charge is 0.317 e. The van der Waals surface area contributed by atoms with Crippen LogP contribution < -0.4 is 11.2 Å². The predicted octanol–water partition coefficient (Wildman–Crippen LogP) is 2.86. The highest BCUT2D eigenvalue weighted by Gasteiger charge is 2.22. The van der Waals surface area contributed by atoms with Crippen LogP contribution in [0.3, 0.4) is 0 Å². The Hall–Kier alpha value is -3.19. The van der Waals surface area contributed by atoms with E-state index >= 15 is 0 Å². The van der Waals surface area contributed by atoms with Gasteiger partial charge < -0.3 is 4.57 Å². The fraction of sp³-hybridized carbons (Fsp3) is 0.375. The molecule has 1 aliphatic rings. The molecule has 0 bridgehead atoms. The van der Waals surface area contributed by atoms with Crippen molar-refractivity contribution in [2.24, 2.45) is 13.0 Å². The molecule has 0 radical (unpaired) electrons. The van der Waals surface area contributed by atoms with Gasteiger partial charge in [-0.25, -0.2) is 9.78 Å². The topological polar surface area (TPSA) is 75.9 Å². The number of nitrogens with one attached hydrogen (secondary N) is 1. The van der Waals surface area contributed by atoms with E-state index in [-0.39, 0.29) is 5.56 Å². The first-order valence-corrected chi connectivity index (χ1v) is 10.9. The lowest BCUT2D eigenvalue weighted by atomic mass is 10.0. The van der Waals surface area contributed by atoms with Crippen LogP contribution in [0.1, 0.15) is 31.2 Å². The van der Waals surface area contributed by atoms with Crippen LogP contribution in [0, 0.1) is 5.92 Å². The minimum absolute atomic E-state index is 0.385. The lowest BCUT2D eigenvalue weighted by Crippen LogP contribution is -2.34. The van der Waals surface area contributed by atoms with Crippen molar-refractivity contribution in [1.82, 2.24) is 24.0 Å².